The van der Waals surface area contributed by atoms with Crippen molar-refractivity contribution in [1.29, 1.82) is 0 Å². The van der Waals surface area contributed by atoms with Crippen LogP contribution in [0.4, 0.5) is 5.69 Å². The van der Waals surface area contributed by atoms with Crippen LogP contribution in [0.1, 0.15) is 38.8 Å². The Balaban J connectivity index is 2.22. The first-order valence-corrected chi connectivity index (χ1v) is 7.07. The largest absolute Gasteiger partial charge is 0.327 e. The SMILES string of the molecule is CC(=O)N1c2ccc(CC(N)C(C)C)cc2CC1C. The summed E-state index contributed by atoms with van der Waals surface area (Å²) in [6, 6.07) is 6.86. The molecule has 19 heavy (non-hydrogen) atoms. The van der Waals surface area contributed by atoms with Crippen LogP contribution in [0.3, 0.4) is 0 Å². The maximum Gasteiger partial charge on any atom is 0.224 e. The van der Waals surface area contributed by atoms with Crippen LogP contribution in [0.15, 0.2) is 18.2 Å². The van der Waals surface area contributed by atoms with Crippen LogP contribution in [0.5, 0.6) is 0 Å². The summed E-state index contributed by atoms with van der Waals surface area (Å²) in [5, 5.41) is 0. The molecule has 0 fully saturated rings. The monoisotopic (exact) mass is 260 g/mol. The summed E-state index contributed by atoms with van der Waals surface area (Å²) >= 11 is 0. The standard InChI is InChI=1S/C16H24N2O/c1-10(2)15(17)9-13-5-6-16-14(8-13)7-11(3)18(16)12(4)19/h5-6,8,10-11,15H,7,9,17H2,1-4H3. The summed E-state index contributed by atoms with van der Waals surface area (Å²) in [6.07, 6.45) is 1.85. The average Bonchev–Trinajstić information content (AvgIpc) is 2.63. The van der Waals surface area contributed by atoms with Crippen LogP contribution in [-0.4, -0.2) is 18.0 Å². The van der Waals surface area contributed by atoms with Gasteiger partial charge in [-0.15, -0.1) is 0 Å². The molecule has 0 aromatic heterocycles. The first kappa shape index (κ1) is 14.1. The Morgan fingerprint density at radius 3 is 2.74 bits per heavy atom. The number of rotatable bonds is 3. The van der Waals surface area contributed by atoms with E-state index in [0.717, 1.165) is 18.5 Å². The van der Waals surface area contributed by atoms with Crippen molar-refractivity contribution >= 4 is 11.6 Å². The minimum atomic E-state index is 0.123. The van der Waals surface area contributed by atoms with Gasteiger partial charge in [0.1, 0.15) is 0 Å². The zero-order chi connectivity index (χ0) is 14.2. The molecule has 2 atom stereocenters. The van der Waals surface area contributed by atoms with E-state index in [9.17, 15) is 4.79 Å². The third-order valence-corrected chi connectivity index (χ3v) is 4.03. The smallest absolute Gasteiger partial charge is 0.224 e. The van der Waals surface area contributed by atoms with Crippen molar-refractivity contribution in [3.8, 4) is 0 Å². The van der Waals surface area contributed by atoms with E-state index >= 15 is 0 Å². The first-order valence-electron chi connectivity index (χ1n) is 7.07. The molecule has 2 N–H and O–H groups in total. The van der Waals surface area contributed by atoms with Gasteiger partial charge in [-0.25, -0.2) is 0 Å². The number of nitrogens with zero attached hydrogens (tertiary/aromatic N) is 1. The second-order valence-corrected chi connectivity index (χ2v) is 6.02. The summed E-state index contributed by atoms with van der Waals surface area (Å²) in [4.78, 5) is 13.6. The molecule has 0 saturated heterocycles. The molecule has 1 aromatic rings. The Morgan fingerprint density at radius 1 is 1.47 bits per heavy atom. The van der Waals surface area contributed by atoms with Gasteiger partial charge in [0.2, 0.25) is 5.91 Å². The van der Waals surface area contributed by atoms with E-state index in [4.69, 9.17) is 5.73 Å². The molecular formula is C16H24N2O. The summed E-state index contributed by atoms with van der Waals surface area (Å²) in [7, 11) is 0. The van der Waals surface area contributed by atoms with E-state index in [1.807, 2.05) is 4.90 Å². The van der Waals surface area contributed by atoms with E-state index in [-0.39, 0.29) is 18.0 Å². The highest BCUT2D eigenvalue weighted by atomic mass is 16.2. The molecule has 1 aliphatic heterocycles. The van der Waals surface area contributed by atoms with Gasteiger partial charge in [-0.05, 0) is 42.9 Å². The van der Waals surface area contributed by atoms with Gasteiger partial charge in [-0.2, -0.15) is 0 Å². The number of carbonyl (C=O) groups is 1. The minimum Gasteiger partial charge on any atom is -0.327 e. The molecule has 0 radical (unpaired) electrons. The van der Waals surface area contributed by atoms with Crippen LogP contribution in [0.25, 0.3) is 0 Å². The van der Waals surface area contributed by atoms with Crippen molar-refractivity contribution in [3.05, 3.63) is 29.3 Å². The van der Waals surface area contributed by atoms with Crippen LogP contribution in [0, 0.1) is 5.92 Å². The lowest BCUT2D eigenvalue weighted by Gasteiger charge is -2.21. The predicted molar refractivity (Wildman–Crippen MR) is 79.3 cm³/mol. The topological polar surface area (TPSA) is 46.3 Å². The third kappa shape index (κ3) is 2.81. The lowest BCUT2D eigenvalue weighted by molar-refractivity contribution is -0.116. The maximum atomic E-state index is 11.7. The fourth-order valence-corrected chi connectivity index (χ4v) is 2.80. The van der Waals surface area contributed by atoms with E-state index < -0.39 is 0 Å². The molecule has 1 aliphatic rings. The molecule has 1 amide bonds. The lowest BCUT2D eigenvalue weighted by atomic mass is 9.96. The number of hydrogen-bond acceptors (Lipinski definition) is 2. The molecular weight excluding hydrogens is 236 g/mol. The number of carbonyl (C=O) groups excluding carboxylic acids is 1. The third-order valence-electron chi connectivity index (χ3n) is 4.03. The fraction of sp³-hybridized carbons (Fsp3) is 0.562. The van der Waals surface area contributed by atoms with E-state index in [2.05, 4.69) is 39.0 Å². The number of hydrogen-bond donors (Lipinski definition) is 1. The van der Waals surface area contributed by atoms with Crippen LogP contribution in [0.2, 0.25) is 0 Å². The molecule has 1 heterocycles. The molecule has 0 aliphatic carbocycles. The van der Waals surface area contributed by atoms with Crippen molar-refractivity contribution in [2.45, 2.75) is 52.6 Å². The van der Waals surface area contributed by atoms with Crippen LogP contribution in [-0.2, 0) is 17.6 Å². The Kier molecular flexibility index (Phi) is 3.95. The molecule has 2 rings (SSSR count). The van der Waals surface area contributed by atoms with Gasteiger partial charge in [0.15, 0.2) is 0 Å². The minimum absolute atomic E-state index is 0.123. The van der Waals surface area contributed by atoms with Crippen molar-refractivity contribution in [2.75, 3.05) is 4.90 Å². The summed E-state index contributed by atoms with van der Waals surface area (Å²) in [5.74, 6) is 0.610. The molecule has 0 bridgehead atoms. The van der Waals surface area contributed by atoms with Crippen molar-refractivity contribution in [1.82, 2.24) is 0 Å². The van der Waals surface area contributed by atoms with Gasteiger partial charge >= 0.3 is 0 Å². The number of anilines is 1. The van der Waals surface area contributed by atoms with Gasteiger partial charge in [0.05, 0.1) is 0 Å². The number of nitrogens with two attached hydrogens (primary N) is 1. The van der Waals surface area contributed by atoms with Crippen molar-refractivity contribution in [2.24, 2.45) is 11.7 Å². The highest BCUT2D eigenvalue weighted by molar-refractivity contribution is 5.94. The molecule has 0 spiro atoms. The van der Waals surface area contributed by atoms with Gasteiger partial charge in [-0.1, -0.05) is 26.0 Å². The average molecular weight is 260 g/mol. The second-order valence-electron chi connectivity index (χ2n) is 6.02. The highest BCUT2D eigenvalue weighted by Crippen LogP contribution is 2.33. The van der Waals surface area contributed by atoms with Crippen LogP contribution < -0.4 is 10.6 Å². The van der Waals surface area contributed by atoms with Gasteiger partial charge < -0.3 is 10.6 Å². The first-order chi connectivity index (χ1) is 8.90. The molecule has 2 unspecified atom stereocenters. The quantitative estimate of drug-likeness (QED) is 0.907. The van der Waals surface area contributed by atoms with Crippen LogP contribution >= 0.6 is 0 Å². The molecule has 1 aromatic carbocycles. The fourth-order valence-electron chi connectivity index (χ4n) is 2.80. The summed E-state index contributed by atoms with van der Waals surface area (Å²) in [6.45, 7) is 8.03. The molecule has 3 heteroatoms. The van der Waals surface area contributed by atoms with Gasteiger partial charge in [-0.3, -0.25) is 4.79 Å². The molecule has 3 nitrogen and oxygen atoms in total. The Bertz CT molecular complexity index is 482. The van der Waals surface area contributed by atoms with E-state index in [0.29, 0.717) is 5.92 Å². The summed E-state index contributed by atoms with van der Waals surface area (Å²) < 4.78 is 0. The Morgan fingerprint density at radius 2 is 2.16 bits per heavy atom. The lowest BCUT2D eigenvalue weighted by Crippen LogP contribution is -2.33. The number of fused-ring (bicyclic) bond motifs is 1. The molecule has 0 saturated carbocycles. The van der Waals surface area contributed by atoms with E-state index in [1.54, 1.807) is 6.92 Å². The number of amides is 1. The van der Waals surface area contributed by atoms with Crippen molar-refractivity contribution < 1.29 is 4.79 Å². The normalized spacial score (nSPS) is 19.7. The summed E-state index contributed by atoms with van der Waals surface area (Å²) in [5.41, 5.74) is 9.75. The predicted octanol–water partition coefficient (Wildman–Crippen LogP) is 2.51. The van der Waals surface area contributed by atoms with Gasteiger partial charge in [0, 0.05) is 24.7 Å². The van der Waals surface area contributed by atoms with E-state index in [1.165, 1.54) is 11.1 Å². The molecule has 104 valence electrons. The Hall–Kier alpha value is -1.35. The Labute approximate surface area is 115 Å². The second kappa shape index (κ2) is 5.33. The maximum absolute atomic E-state index is 11.7. The van der Waals surface area contributed by atoms with Crippen molar-refractivity contribution in [3.63, 3.8) is 0 Å². The zero-order valence-electron chi connectivity index (χ0n) is 12.3. The number of benzene rings is 1. The van der Waals surface area contributed by atoms with Gasteiger partial charge in [0.25, 0.3) is 0 Å². The zero-order valence-corrected chi connectivity index (χ0v) is 12.3. The highest BCUT2D eigenvalue weighted by Gasteiger charge is 2.28.